The van der Waals surface area contributed by atoms with Gasteiger partial charge >= 0.3 is 0 Å². The van der Waals surface area contributed by atoms with E-state index in [9.17, 15) is 18.0 Å². The number of sulfonamides is 1. The number of halogens is 2. The van der Waals surface area contributed by atoms with Gasteiger partial charge < -0.3 is 15.0 Å². The highest BCUT2D eigenvalue weighted by Crippen LogP contribution is 2.28. The van der Waals surface area contributed by atoms with E-state index in [4.69, 9.17) is 16.3 Å². The molecule has 3 rings (SSSR count). The predicted octanol–water partition coefficient (Wildman–Crippen LogP) is 6.03. The second kappa shape index (κ2) is 15.2. The molecule has 3 aromatic carbocycles. The van der Waals surface area contributed by atoms with E-state index >= 15 is 0 Å². The van der Waals surface area contributed by atoms with Crippen molar-refractivity contribution in [3.63, 3.8) is 0 Å². The third kappa shape index (κ3) is 8.70. The number of unbranched alkanes of at least 4 members (excludes halogenated alkanes) is 1. The van der Waals surface area contributed by atoms with Gasteiger partial charge in [0, 0.05) is 22.6 Å². The van der Waals surface area contributed by atoms with Gasteiger partial charge in [-0.1, -0.05) is 59.1 Å². The Morgan fingerprint density at radius 2 is 1.66 bits per heavy atom. The Morgan fingerprint density at radius 1 is 1.00 bits per heavy atom. The van der Waals surface area contributed by atoms with Crippen molar-refractivity contribution in [1.82, 2.24) is 10.2 Å². The summed E-state index contributed by atoms with van der Waals surface area (Å²) in [4.78, 5) is 28.4. The van der Waals surface area contributed by atoms with E-state index in [1.807, 2.05) is 13.8 Å². The topological polar surface area (TPSA) is 96.0 Å². The molecular weight excluding hydrogens is 630 g/mol. The molecule has 0 spiro atoms. The summed E-state index contributed by atoms with van der Waals surface area (Å²) < 4.78 is 35.1. The monoisotopic (exact) mass is 663 g/mol. The van der Waals surface area contributed by atoms with Crippen LogP contribution in [0.2, 0.25) is 5.02 Å². The van der Waals surface area contributed by atoms with E-state index in [2.05, 4.69) is 21.2 Å². The summed E-state index contributed by atoms with van der Waals surface area (Å²) >= 11 is 9.74. The summed E-state index contributed by atoms with van der Waals surface area (Å²) in [5.74, 6) is -0.318. The lowest BCUT2D eigenvalue weighted by Gasteiger charge is -2.32. The summed E-state index contributed by atoms with van der Waals surface area (Å²) in [5.41, 5.74) is 0.918. The average molecular weight is 665 g/mol. The molecule has 8 nitrogen and oxygen atoms in total. The van der Waals surface area contributed by atoms with E-state index in [1.165, 1.54) is 17.0 Å². The van der Waals surface area contributed by atoms with E-state index in [-0.39, 0.29) is 23.0 Å². The Morgan fingerprint density at radius 3 is 2.27 bits per heavy atom. The van der Waals surface area contributed by atoms with Gasteiger partial charge in [-0.2, -0.15) is 0 Å². The van der Waals surface area contributed by atoms with Crippen molar-refractivity contribution in [2.75, 3.05) is 24.0 Å². The fourth-order valence-corrected chi connectivity index (χ4v) is 5.94. The molecule has 3 aromatic rings. The van der Waals surface area contributed by atoms with Crippen LogP contribution in [0.5, 0.6) is 5.75 Å². The van der Waals surface area contributed by atoms with E-state index in [1.54, 1.807) is 67.6 Å². The molecule has 1 N–H and O–H groups in total. The summed E-state index contributed by atoms with van der Waals surface area (Å²) in [6.45, 7) is 5.91. The molecule has 2 amide bonds. The number of amides is 2. The lowest BCUT2D eigenvalue weighted by molar-refractivity contribution is -0.139. The van der Waals surface area contributed by atoms with Gasteiger partial charge in [-0.05, 0) is 80.4 Å². The molecule has 41 heavy (non-hydrogen) atoms. The van der Waals surface area contributed by atoms with Gasteiger partial charge in [-0.15, -0.1) is 0 Å². The average Bonchev–Trinajstić information content (AvgIpc) is 2.96. The van der Waals surface area contributed by atoms with E-state index in [0.29, 0.717) is 34.0 Å². The Bertz CT molecular complexity index is 1420. The highest BCUT2D eigenvalue weighted by molar-refractivity contribution is 9.10. The molecule has 0 saturated heterocycles. The van der Waals surface area contributed by atoms with Crippen LogP contribution in [0.25, 0.3) is 0 Å². The van der Waals surface area contributed by atoms with Crippen molar-refractivity contribution < 1.29 is 22.7 Å². The van der Waals surface area contributed by atoms with Gasteiger partial charge in [0.2, 0.25) is 11.8 Å². The number of nitrogens with zero attached hydrogens (tertiary/aromatic N) is 2. The van der Waals surface area contributed by atoms with Gasteiger partial charge in [-0.25, -0.2) is 8.42 Å². The van der Waals surface area contributed by atoms with Crippen LogP contribution in [-0.4, -0.2) is 50.9 Å². The molecule has 0 saturated carbocycles. The first-order valence-corrected chi connectivity index (χ1v) is 16.0. The zero-order valence-electron chi connectivity index (χ0n) is 23.3. The molecule has 0 aliphatic rings. The minimum Gasteiger partial charge on any atom is -0.494 e. The number of rotatable bonds is 14. The molecule has 0 unspecified atom stereocenters. The molecule has 1 atom stereocenters. The van der Waals surface area contributed by atoms with Gasteiger partial charge in [0.05, 0.1) is 17.2 Å². The van der Waals surface area contributed by atoms with Crippen LogP contribution in [-0.2, 0) is 26.2 Å². The number of benzene rings is 3. The molecule has 220 valence electrons. The second-order valence-corrected chi connectivity index (χ2v) is 12.5. The zero-order chi connectivity index (χ0) is 30.0. The van der Waals surface area contributed by atoms with E-state index in [0.717, 1.165) is 17.1 Å². The number of carbonyl (C=O) groups is 2. The number of hydrogen-bond donors (Lipinski definition) is 1. The molecular formula is C30H35BrClN3O5S. The number of hydrogen-bond acceptors (Lipinski definition) is 5. The van der Waals surface area contributed by atoms with Crippen LogP contribution in [0.4, 0.5) is 5.69 Å². The van der Waals surface area contributed by atoms with Gasteiger partial charge in [0.1, 0.15) is 18.3 Å². The minimum absolute atomic E-state index is 0.0189. The fraction of sp³-hybridized carbons (Fsp3) is 0.333. The normalized spacial score (nSPS) is 11.9. The third-order valence-electron chi connectivity index (χ3n) is 6.41. The highest BCUT2D eigenvalue weighted by atomic mass is 79.9. The molecule has 0 bridgehead atoms. The van der Waals surface area contributed by atoms with Crippen LogP contribution >= 0.6 is 27.5 Å². The smallest absolute Gasteiger partial charge is 0.264 e. The van der Waals surface area contributed by atoms with Crippen molar-refractivity contribution in [1.29, 1.82) is 0 Å². The van der Waals surface area contributed by atoms with Crippen molar-refractivity contribution in [3.8, 4) is 5.75 Å². The lowest BCUT2D eigenvalue weighted by atomic mass is 10.1. The van der Waals surface area contributed by atoms with Gasteiger partial charge in [0.25, 0.3) is 10.0 Å². The number of ether oxygens (including phenoxy) is 1. The molecule has 0 aromatic heterocycles. The largest absolute Gasteiger partial charge is 0.494 e. The van der Waals surface area contributed by atoms with Gasteiger partial charge in [-0.3, -0.25) is 13.9 Å². The SMILES string of the molecule is CCCCNC(=O)[C@H](C)N(Cc1ccccc1Cl)C(=O)CN(c1ccc(OCC)cc1)S(=O)(=O)c1ccc(Br)cc1. The minimum atomic E-state index is -4.17. The zero-order valence-corrected chi connectivity index (χ0v) is 26.5. The standard InChI is InChI=1S/C30H35BrClN3O5S/c1-4-6-19-33-30(37)22(3)34(20-23-9-7-8-10-28(23)32)29(36)21-35(25-13-15-26(16-14-25)40-5-2)41(38,39)27-17-11-24(31)12-18-27/h7-18,22H,4-6,19-21H2,1-3H3,(H,33,37)/t22-/m0/s1. The van der Waals surface area contributed by atoms with E-state index < -0.39 is 28.5 Å². The van der Waals surface area contributed by atoms with Crippen molar-refractivity contribution in [2.24, 2.45) is 0 Å². The maximum Gasteiger partial charge on any atom is 0.264 e. The van der Waals surface area contributed by atoms with Gasteiger partial charge in [0.15, 0.2) is 0 Å². The van der Waals surface area contributed by atoms with Crippen LogP contribution in [0.15, 0.2) is 82.2 Å². The molecule has 0 heterocycles. The van der Waals surface area contributed by atoms with Crippen LogP contribution in [0.1, 0.15) is 39.2 Å². The molecule has 0 radical (unpaired) electrons. The third-order valence-corrected chi connectivity index (χ3v) is 9.10. The first kappa shape index (κ1) is 32.4. The fourth-order valence-electron chi connectivity index (χ4n) is 4.07. The second-order valence-electron chi connectivity index (χ2n) is 9.33. The van der Waals surface area contributed by atoms with Crippen molar-refractivity contribution in [2.45, 2.75) is 51.1 Å². The molecule has 0 aliphatic heterocycles. The van der Waals surface area contributed by atoms with Crippen molar-refractivity contribution >= 4 is 55.1 Å². The summed E-state index contributed by atoms with van der Waals surface area (Å²) in [6, 6.07) is 18.8. The van der Waals surface area contributed by atoms with Crippen molar-refractivity contribution in [3.05, 3.63) is 87.9 Å². The first-order valence-electron chi connectivity index (χ1n) is 13.4. The first-order chi connectivity index (χ1) is 19.6. The number of carbonyl (C=O) groups excluding carboxylic acids is 2. The highest BCUT2D eigenvalue weighted by Gasteiger charge is 2.32. The lowest BCUT2D eigenvalue weighted by Crippen LogP contribution is -2.51. The Labute approximate surface area is 255 Å². The maximum absolute atomic E-state index is 14.0. The van der Waals surface area contributed by atoms with Crippen LogP contribution in [0.3, 0.4) is 0 Å². The Hall–Kier alpha value is -3.08. The summed E-state index contributed by atoms with van der Waals surface area (Å²) in [7, 11) is -4.17. The molecule has 11 heteroatoms. The maximum atomic E-state index is 14.0. The Kier molecular flexibility index (Phi) is 12.1. The predicted molar refractivity (Wildman–Crippen MR) is 166 cm³/mol. The van der Waals surface area contributed by atoms with Crippen LogP contribution < -0.4 is 14.4 Å². The molecule has 0 aliphatic carbocycles. The quantitative estimate of drug-likeness (QED) is 0.213. The summed E-state index contributed by atoms with van der Waals surface area (Å²) in [5, 5.41) is 3.31. The number of anilines is 1. The summed E-state index contributed by atoms with van der Waals surface area (Å²) in [6.07, 6.45) is 1.70. The Balaban J connectivity index is 2.01. The van der Waals surface area contributed by atoms with Crippen LogP contribution in [0, 0.1) is 0 Å². The molecule has 0 fully saturated rings. The number of nitrogens with one attached hydrogen (secondary N) is 1.